The molecular formula is C15H15BrN2OS. The van der Waals surface area contributed by atoms with Gasteiger partial charge in [-0.3, -0.25) is 4.79 Å². The highest BCUT2D eigenvalue weighted by molar-refractivity contribution is 9.11. The number of thiophene rings is 1. The van der Waals surface area contributed by atoms with Crippen LogP contribution in [-0.4, -0.2) is 32.5 Å². The average molecular weight is 351 g/mol. The second-order valence-corrected chi connectivity index (χ2v) is 7.32. The first-order valence-corrected chi connectivity index (χ1v) is 8.10. The van der Waals surface area contributed by atoms with Gasteiger partial charge in [0.25, 0.3) is 0 Å². The zero-order valence-corrected chi connectivity index (χ0v) is 13.6. The van der Waals surface area contributed by atoms with Crippen LogP contribution < -0.4 is 9.80 Å². The predicted octanol–water partition coefficient (Wildman–Crippen LogP) is 3.65. The van der Waals surface area contributed by atoms with Gasteiger partial charge in [-0.05, 0) is 40.2 Å². The third-order valence-electron chi connectivity index (χ3n) is 3.52. The van der Waals surface area contributed by atoms with Crippen molar-refractivity contribution in [3.05, 3.63) is 45.1 Å². The number of benzene rings is 1. The Kier molecular flexibility index (Phi) is 3.81. The Hall–Kier alpha value is -1.33. The molecule has 0 spiro atoms. The van der Waals surface area contributed by atoms with Crippen molar-refractivity contribution in [2.45, 2.75) is 0 Å². The van der Waals surface area contributed by atoms with Gasteiger partial charge in [-0.1, -0.05) is 12.1 Å². The van der Waals surface area contributed by atoms with Crippen LogP contribution in [-0.2, 0) is 0 Å². The largest absolute Gasteiger partial charge is 0.371 e. The molecule has 0 unspecified atom stereocenters. The van der Waals surface area contributed by atoms with E-state index in [1.165, 1.54) is 17.0 Å². The molecule has 0 saturated carbocycles. The summed E-state index contributed by atoms with van der Waals surface area (Å²) >= 11 is 4.90. The van der Waals surface area contributed by atoms with Gasteiger partial charge in [0.1, 0.15) is 0 Å². The number of hydrogen-bond acceptors (Lipinski definition) is 4. The molecule has 0 N–H and O–H groups in total. The molecule has 1 aliphatic rings. The minimum Gasteiger partial charge on any atom is -0.371 e. The maximum atomic E-state index is 12.4. The summed E-state index contributed by atoms with van der Waals surface area (Å²) in [5.41, 5.74) is 2.34. The van der Waals surface area contributed by atoms with Crippen LogP contribution >= 0.6 is 27.3 Å². The fourth-order valence-corrected chi connectivity index (χ4v) is 3.76. The second-order valence-electron chi connectivity index (χ2n) is 4.86. The Morgan fingerprint density at radius 3 is 2.65 bits per heavy atom. The lowest BCUT2D eigenvalue weighted by molar-refractivity contribution is 0.100. The Morgan fingerprint density at radius 1 is 1.20 bits per heavy atom. The normalized spacial score (nSPS) is 14.3. The van der Waals surface area contributed by atoms with Gasteiger partial charge in [0.05, 0.1) is 26.6 Å². The van der Waals surface area contributed by atoms with Crippen molar-refractivity contribution < 1.29 is 4.79 Å². The van der Waals surface area contributed by atoms with E-state index >= 15 is 0 Å². The molecule has 0 radical (unpaired) electrons. The fourth-order valence-electron chi connectivity index (χ4n) is 2.45. The van der Waals surface area contributed by atoms with E-state index in [9.17, 15) is 4.79 Å². The molecule has 104 valence electrons. The van der Waals surface area contributed by atoms with E-state index < -0.39 is 0 Å². The predicted molar refractivity (Wildman–Crippen MR) is 88.3 cm³/mol. The molecule has 1 aromatic carbocycles. The minimum atomic E-state index is 0.181. The number of Topliss-reactive ketones (excluding diaryl/α,β-unsaturated/α-hetero) is 1. The van der Waals surface area contributed by atoms with Gasteiger partial charge in [-0.25, -0.2) is 0 Å². The summed E-state index contributed by atoms with van der Waals surface area (Å²) in [6, 6.07) is 12.1. The standard InChI is InChI=1S/C15H15BrN2OS/c1-17-8-9-18(12-5-3-2-4-11(12)17)10-13(19)14-6-7-15(16)20-14/h2-7H,8-10H2,1H3. The number of carbonyl (C=O) groups is 1. The molecule has 0 fully saturated rings. The SMILES string of the molecule is CN1CCN(CC(=O)c2ccc(Br)s2)c2ccccc21. The molecule has 0 saturated heterocycles. The molecule has 2 heterocycles. The molecule has 2 aromatic rings. The Morgan fingerprint density at radius 2 is 1.95 bits per heavy atom. The van der Waals surface area contributed by atoms with Gasteiger partial charge in [-0.2, -0.15) is 0 Å². The van der Waals surface area contributed by atoms with Gasteiger partial charge in [0.15, 0.2) is 5.78 Å². The van der Waals surface area contributed by atoms with Crippen LogP contribution in [0.4, 0.5) is 11.4 Å². The van der Waals surface area contributed by atoms with E-state index in [4.69, 9.17) is 0 Å². The van der Waals surface area contributed by atoms with Gasteiger partial charge in [0.2, 0.25) is 0 Å². The monoisotopic (exact) mass is 350 g/mol. The van der Waals surface area contributed by atoms with Crippen molar-refractivity contribution in [3.8, 4) is 0 Å². The van der Waals surface area contributed by atoms with E-state index in [0.29, 0.717) is 6.54 Å². The number of hydrogen-bond donors (Lipinski definition) is 0. The van der Waals surface area contributed by atoms with Gasteiger partial charge in [0, 0.05) is 20.1 Å². The van der Waals surface area contributed by atoms with Crippen molar-refractivity contribution >= 4 is 44.4 Å². The molecule has 0 atom stereocenters. The minimum absolute atomic E-state index is 0.181. The highest BCUT2D eigenvalue weighted by atomic mass is 79.9. The van der Waals surface area contributed by atoms with E-state index in [0.717, 1.165) is 27.4 Å². The quantitative estimate of drug-likeness (QED) is 0.789. The summed E-state index contributed by atoms with van der Waals surface area (Å²) in [6.07, 6.45) is 0. The van der Waals surface area contributed by atoms with E-state index in [1.807, 2.05) is 24.3 Å². The van der Waals surface area contributed by atoms with Crippen LogP contribution in [0.25, 0.3) is 0 Å². The third kappa shape index (κ3) is 2.60. The summed E-state index contributed by atoms with van der Waals surface area (Å²) in [5, 5.41) is 0. The van der Waals surface area contributed by atoms with Gasteiger partial charge < -0.3 is 9.80 Å². The second kappa shape index (κ2) is 5.58. The average Bonchev–Trinajstić information content (AvgIpc) is 2.89. The summed E-state index contributed by atoms with van der Waals surface area (Å²) in [7, 11) is 2.09. The lowest BCUT2D eigenvalue weighted by atomic mass is 10.1. The molecule has 5 heteroatoms. The number of fused-ring (bicyclic) bond motifs is 1. The molecule has 1 aliphatic heterocycles. The molecule has 20 heavy (non-hydrogen) atoms. The number of anilines is 2. The molecule has 0 bridgehead atoms. The highest BCUT2D eigenvalue weighted by Crippen LogP contribution is 2.32. The molecule has 3 nitrogen and oxygen atoms in total. The Balaban J connectivity index is 1.82. The van der Waals surface area contributed by atoms with Crippen LogP contribution in [0.2, 0.25) is 0 Å². The number of nitrogens with zero attached hydrogens (tertiary/aromatic N) is 2. The van der Waals surface area contributed by atoms with Gasteiger partial charge in [-0.15, -0.1) is 11.3 Å². The number of para-hydroxylation sites is 2. The van der Waals surface area contributed by atoms with Crippen molar-refractivity contribution in [1.82, 2.24) is 0 Å². The fraction of sp³-hybridized carbons (Fsp3) is 0.267. The number of likely N-dealkylation sites (N-methyl/N-ethyl adjacent to an activating group) is 1. The van der Waals surface area contributed by atoms with Crippen LogP contribution in [0.1, 0.15) is 9.67 Å². The van der Waals surface area contributed by atoms with Crippen LogP contribution in [0.15, 0.2) is 40.2 Å². The first-order valence-electron chi connectivity index (χ1n) is 6.49. The first-order chi connectivity index (χ1) is 9.65. The van der Waals surface area contributed by atoms with E-state index in [1.54, 1.807) is 0 Å². The smallest absolute Gasteiger partial charge is 0.192 e. The van der Waals surface area contributed by atoms with Crippen LogP contribution in [0.3, 0.4) is 0 Å². The lowest BCUT2D eigenvalue weighted by Crippen LogP contribution is -2.41. The molecule has 0 amide bonds. The van der Waals surface area contributed by atoms with E-state index in [-0.39, 0.29) is 5.78 Å². The Labute approximate surface area is 130 Å². The summed E-state index contributed by atoms with van der Waals surface area (Å²) < 4.78 is 1.000. The van der Waals surface area contributed by atoms with Gasteiger partial charge >= 0.3 is 0 Å². The maximum absolute atomic E-state index is 12.4. The van der Waals surface area contributed by atoms with E-state index in [2.05, 4.69) is 44.9 Å². The molecule has 1 aromatic heterocycles. The Bertz CT molecular complexity index is 640. The first kappa shape index (κ1) is 13.6. The van der Waals surface area contributed by atoms with Crippen LogP contribution in [0.5, 0.6) is 0 Å². The lowest BCUT2D eigenvalue weighted by Gasteiger charge is -2.36. The van der Waals surface area contributed by atoms with Crippen molar-refractivity contribution in [2.24, 2.45) is 0 Å². The topological polar surface area (TPSA) is 23.6 Å². The number of carbonyl (C=O) groups excluding carboxylic acids is 1. The number of halogens is 1. The molecule has 3 rings (SSSR count). The zero-order valence-electron chi connectivity index (χ0n) is 11.2. The maximum Gasteiger partial charge on any atom is 0.192 e. The number of rotatable bonds is 3. The summed E-state index contributed by atoms with van der Waals surface area (Å²) in [4.78, 5) is 17.6. The van der Waals surface area contributed by atoms with Crippen LogP contribution in [0, 0.1) is 0 Å². The third-order valence-corrected chi connectivity index (χ3v) is 5.19. The number of ketones is 1. The highest BCUT2D eigenvalue weighted by Gasteiger charge is 2.22. The molecule has 0 aliphatic carbocycles. The van der Waals surface area contributed by atoms with Crippen molar-refractivity contribution in [2.75, 3.05) is 36.5 Å². The zero-order chi connectivity index (χ0) is 14.1. The summed E-state index contributed by atoms with van der Waals surface area (Å²) in [5.74, 6) is 0.181. The van der Waals surface area contributed by atoms with Crippen molar-refractivity contribution in [1.29, 1.82) is 0 Å². The molecular weight excluding hydrogens is 336 g/mol. The van der Waals surface area contributed by atoms with Crippen molar-refractivity contribution in [3.63, 3.8) is 0 Å². The summed E-state index contributed by atoms with van der Waals surface area (Å²) in [6.45, 7) is 2.27.